The summed E-state index contributed by atoms with van der Waals surface area (Å²) in [4.78, 5) is 23.2. The molecule has 9 nitrogen and oxygen atoms in total. The van der Waals surface area contributed by atoms with E-state index in [0.29, 0.717) is 35.8 Å². The maximum absolute atomic E-state index is 12.2. The number of anilines is 1. The van der Waals surface area contributed by atoms with Crippen molar-refractivity contribution in [3.8, 4) is 17.6 Å². The van der Waals surface area contributed by atoms with Crippen molar-refractivity contribution < 1.29 is 24.2 Å². The highest BCUT2D eigenvalue weighted by Crippen LogP contribution is 2.17. The van der Waals surface area contributed by atoms with Gasteiger partial charge in [0.2, 0.25) is 5.91 Å². The molecule has 0 radical (unpaired) electrons. The summed E-state index contributed by atoms with van der Waals surface area (Å²) in [6.07, 6.45) is -1.46. The van der Waals surface area contributed by atoms with Crippen molar-refractivity contribution in [3.05, 3.63) is 54.1 Å². The molecule has 0 fully saturated rings. The lowest BCUT2D eigenvalue weighted by Crippen LogP contribution is -2.41. The maximum atomic E-state index is 12.2. The summed E-state index contributed by atoms with van der Waals surface area (Å²) < 4.78 is 11.1. The van der Waals surface area contributed by atoms with Crippen LogP contribution in [0.5, 0.6) is 11.5 Å². The van der Waals surface area contributed by atoms with E-state index in [0.717, 1.165) is 0 Å². The summed E-state index contributed by atoms with van der Waals surface area (Å²) in [5.74, 6) is 0.514. The summed E-state index contributed by atoms with van der Waals surface area (Å²) >= 11 is 0. The largest absolute Gasteiger partial charge is 0.489 e. The van der Waals surface area contributed by atoms with Crippen LogP contribution in [0.2, 0.25) is 0 Å². The first-order valence-corrected chi connectivity index (χ1v) is 10.2. The highest BCUT2D eigenvalue weighted by atomic mass is 16.5. The Balaban J connectivity index is 1.61. The number of nitrogens with one attached hydrogen (secondary N) is 3. The van der Waals surface area contributed by atoms with E-state index in [-0.39, 0.29) is 25.0 Å². The third-order valence-corrected chi connectivity index (χ3v) is 4.28. The Morgan fingerprint density at radius 2 is 1.84 bits per heavy atom. The van der Waals surface area contributed by atoms with Crippen molar-refractivity contribution in [3.63, 3.8) is 0 Å². The number of carbonyl (C=O) groups is 2. The summed E-state index contributed by atoms with van der Waals surface area (Å²) in [6.45, 7) is 4.20. The first-order chi connectivity index (χ1) is 15.4. The quantitative estimate of drug-likeness (QED) is 0.367. The molecule has 0 heterocycles. The number of aliphatic hydroxyl groups excluding tert-OH is 1. The first-order valence-electron chi connectivity index (χ1n) is 10.2. The predicted octanol–water partition coefficient (Wildman–Crippen LogP) is 1.43. The van der Waals surface area contributed by atoms with Gasteiger partial charge in [-0.25, -0.2) is 0 Å². The highest BCUT2D eigenvalue weighted by Gasteiger charge is 2.14. The fourth-order valence-electron chi connectivity index (χ4n) is 2.69. The molecule has 0 bridgehead atoms. The van der Waals surface area contributed by atoms with Crippen LogP contribution in [-0.2, 0) is 9.59 Å². The number of nitrogens with zero attached hydrogens (tertiary/aromatic N) is 1. The molecule has 0 saturated heterocycles. The lowest BCUT2D eigenvalue weighted by Gasteiger charge is -2.16. The normalized spacial score (nSPS) is 12.2. The van der Waals surface area contributed by atoms with Gasteiger partial charge in [0, 0.05) is 32.2 Å². The zero-order valence-corrected chi connectivity index (χ0v) is 18.1. The van der Waals surface area contributed by atoms with Crippen LogP contribution in [0.4, 0.5) is 5.69 Å². The molecule has 2 amide bonds. The number of amides is 2. The monoisotopic (exact) mass is 440 g/mol. The molecule has 32 heavy (non-hydrogen) atoms. The smallest absolute Gasteiger partial charge is 0.260 e. The lowest BCUT2D eigenvalue weighted by molar-refractivity contribution is -0.127. The van der Waals surface area contributed by atoms with Gasteiger partial charge in [-0.05, 0) is 43.3 Å². The van der Waals surface area contributed by atoms with E-state index in [9.17, 15) is 14.7 Å². The lowest BCUT2D eigenvalue weighted by atomic mass is 10.2. The molecule has 2 rings (SSSR count). The van der Waals surface area contributed by atoms with Gasteiger partial charge < -0.3 is 30.5 Å². The highest BCUT2D eigenvalue weighted by molar-refractivity contribution is 5.88. The van der Waals surface area contributed by atoms with E-state index < -0.39 is 12.2 Å². The minimum Gasteiger partial charge on any atom is -0.489 e. The third kappa shape index (κ3) is 8.63. The molecule has 2 aromatic rings. The Bertz CT molecular complexity index is 927. The van der Waals surface area contributed by atoms with Crippen LogP contribution >= 0.6 is 0 Å². The minimum absolute atomic E-state index is 0.0453. The van der Waals surface area contributed by atoms with Gasteiger partial charge in [-0.15, -0.1) is 0 Å². The van der Waals surface area contributed by atoms with Crippen LogP contribution in [0.1, 0.15) is 19.4 Å². The zero-order valence-electron chi connectivity index (χ0n) is 18.1. The van der Waals surface area contributed by atoms with Gasteiger partial charge in [0.1, 0.15) is 30.3 Å². The third-order valence-electron chi connectivity index (χ3n) is 4.28. The number of para-hydroxylation sites is 1. The molecule has 0 aliphatic heterocycles. The first kappa shape index (κ1) is 24.7. The molecule has 4 N–H and O–H groups in total. The minimum atomic E-state index is -0.764. The average molecular weight is 441 g/mol. The van der Waals surface area contributed by atoms with Crippen molar-refractivity contribution in [2.45, 2.75) is 26.1 Å². The number of nitriles is 1. The second-order valence-corrected chi connectivity index (χ2v) is 7.03. The van der Waals surface area contributed by atoms with Gasteiger partial charge in [0.25, 0.3) is 5.91 Å². The van der Waals surface area contributed by atoms with Crippen LogP contribution in [-0.4, -0.2) is 55.4 Å². The molecular weight excluding hydrogens is 412 g/mol. The van der Waals surface area contributed by atoms with Crippen LogP contribution < -0.4 is 25.4 Å². The fraction of sp³-hybridized carbons (Fsp3) is 0.348. The van der Waals surface area contributed by atoms with Gasteiger partial charge in [-0.1, -0.05) is 12.1 Å². The SMILES string of the molecule is CC(=O)Nc1ccc(OC(C)C(=O)NCCNCC(O)COc2ccccc2C#N)cc1. The van der Waals surface area contributed by atoms with Crippen LogP contribution in [0.25, 0.3) is 0 Å². The second kappa shape index (κ2) is 12.9. The van der Waals surface area contributed by atoms with E-state index in [1.807, 2.05) is 6.07 Å². The van der Waals surface area contributed by atoms with Crippen LogP contribution in [0.3, 0.4) is 0 Å². The van der Waals surface area contributed by atoms with Crippen molar-refractivity contribution in [2.24, 2.45) is 0 Å². The molecule has 2 aromatic carbocycles. The van der Waals surface area contributed by atoms with Crippen molar-refractivity contribution in [1.82, 2.24) is 10.6 Å². The van der Waals surface area contributed by atoms with Gasteiger partial charge in [0.05, 0.1) is 5.56 Å². The van der Waals surface area contributed by atoms with E-state index >= 15 is 0 Å². The zero-order chi connectivity index (χ0) is 23.3. The maximum Gasteiger partial charge on any atom is 0.260 e. The van der Waals surface area contributed by atoms with Crippen LogP contribution in [0, 0.1) is 11.3 Å². The van der Waals surface area contributed by atoms with Crippen molar-refractivity contribution in [2.75, 3.05) is 31.6 Å². The molecular formula is C23H28N4O5. The Morgan fingerprint density at radius 1 is 1.12 bits per heavy atom. The average Bonchev–Trinajstić information content (AvgIpc) is 2.78. The molecule has 0 aliphatic carbocycles. The summed E-state index contributed by atoms with van der Waals surface area (Å²) in [6, 6.07) is 15.6. The van der Waals surface area contributed by atoms with E-state index in [4.69, 9.17) is 14.7 Å². The van der Waals surface area contributed by atoms with Gasteiger partial charge in [-0.2, -0.15) is 5.26 Å². The number of aliphatic hydroxyl groups is 1. The van der Waals surface area contributed by atoms with Gasteiger partial charge >= 0.3 is 0 Å². The fourth-order valence-corrected chi connectivity index (χ4v) is 2.69. The number of rotatable bonds is 12. The predicted molar refractivity (Wildman–Crippen MR) is 119 cm³/mol. The molecule has 170 valence electrons. The molecule has 0 spiro atoms. The number of hydrogen-bond donors (Lipinski definition) is 4. The summed E-state index contributed by atoms with van der Waals surface area (Å²) in [7, 11) is 0. The Hall–Kier alpha value is -3.61. The second-order valence-electron chi connectivity index (χ2n) is 7.03. The molecule has 0 aromatic heterocycles. The number of ether oxygens (including phenoxy) is 2. The Labute approximate surface area is 187 Å². The molecule has 2 unspecified atom stereocenters. The van der Waals surface area contributed by atoms with Crippen molar-refractivity contribution in [1.29, 1.82) is 5.26 Å². The summed E-state index contributed by atoms with van der Waals surface area (Å²) in [5.41, 5.74) is 1.06. The van der Waals surface area contributed by atoms with E-state index in [2.05, 4.69) is 16.0 Å². The van der Waals surface area contributed by atoms with E-state index in [1.165, 1.54) is 6.92 Å². The van der Waals surface area contributed by atoms with E-state index in [1.54, 1.807) is 55.5 Å². The number of carbonyl (C=O) groups excluding carboxylic acids is 2. The molecule has 0 saturated carbocycles. The van der Waals surface area contributed by atoms with Gasteiger partial charge in [-0.3, -0.25) is 9.59 Å². The number of benzene rings is 2. The Morgan fingerprint density at radius 3 is 2.53 bits per heavy atom. The topological polar surface area (TPSA) is 133 Å². The van der Waals surface area contributed by atoms with Crippen molar-refractivity contribution >= 4 is 17.5 Å². The standard InChI is InChI=1S/C23H28N4O5/c1-16(32-21-9-7-19(8-10-21)27-17(2)28)23(30)26-12-11-25-14-20(29)15-31-22-6-4-3-5-18(22)13-24/h3-10,16,20,25,29H,11-12,14-15H2,1-2H3,(H,26,30)(H,27,28). The number of hydrogen-bond acceptors (Lipinski definition) is 7. The molecule has 0 aliphatic rings. The summed E-state index contributed by atoms with van der Waals surface area (Å²) in [5, 5.41) is 27.5. The van der Waals surface area contributed by atoms with Crippen LogP contribution in [0.15, 0.2) is 48.5 Å². The molecule has 2 atom stereocenters. The molecule has 9 heteroatoms. The Kier molecular flexibility index (Phi) is 9.97. The van der Waals surface area contributed by atoms with Gasteiger partial charge in [0.15, 0.2) is 6.10 Å².